The summed E-state index contributed by atoms with van der Waals surface area (Å²) in [5.74, 6) is -2.15. The molecule has 0 atom stereocenters. The Kier molecular flexibility index (Phi) is 7.36. The van der Waals surface area contributed by atoms with Crippen LogP contribution in [0.2, 0.25) is 0 Å². The Hall–Kier alpha value is -4.60. The normalized spacial score (nSPS) is 12.8. The molecule has 0 fully saturated rings. The molecule has 0 unspecified atom stereocenters. The highest BCUT2D eigenvalue weighted by atomic mass is 16.5. The number of carbonyl (C=O) groups excluding carboxylic acids is 4. The van der Waals surface area contributed by atoms with E-state index in [1.807, 2.05) is 18.2 Å². The number of ether oxygens (including phenoxy) is 1. The van der Waals surface area contributed by atoms with Crippen LogP contribution >= 0.6 is 0 Å². The SMILES string of the molecule is CCCCCCn1c(NC(=O)CN2C(=O)c3ccccc3C2=O)c(C(=O)OCC)c2nc3ccccc3nc21. The number of nitrogens with zero attached hydrogens (tertiary/aromatic N) is 4. The van der Waals surface area contributed by atoms with Crippen molar-refractivity contribution in [2.24, 2.45) is 0 Å². The molecule has 3 amide bonds. The number of fused-ring (bicyclic) bond motifs is 3. The van der Waals surface area contributed by atoms with Crippen LogP contribution in [-0.2, 0) is 16.1 Å². The van der Waals surface area contributed by atoms with E-state index in [2.05, 4.69) is 12.2 Å². The molecule has 3 heterocycles. The summed E-state index contributed by atoms with van der Waals surface area (Å²) >= 11 is 0. The lowest BCUT2D eigenvalue weighted by molar-refractivity contribution is -0.116. The predicted molar refractivity (Wildman–Crippen MR) is 146 cm³/mol. The van der Waals surface area contributed by atoms with Crippen molar-refractivity contribution in [1.29, 1.82) is 0 Å². The van der Waals surface area contributed by atoms with E-state index in [0.29, 0.717) is 28.7 Å². The standard InChI is InChI=1S/C29H29N5O5/c1-3-5-6-11-16-33-25(32-22(35)17-34-27(36)18-12-7-8-13-19(18)28(34)37)23(29(38)39-4-2)24-26(33)31-21-15-10-9-14-20(21)30-24/h7-10,12-15H,3-6,11,16-17H2,1-2H3,(H,32,35). The molecule has 39 heavy (non-hydrogen) atoms. The van der Waals surface area contributed by atoms with Gasteiger partial charge in [0.2, 0.25) is 5.91 Å². The number of esters is 1. The van der Waals surface area contributed by atoms with Crippen molar-refractivity contribution in [2.75, 3.05) is 18.5 Å². The van der Waals surface area contributed by atoms with Crippen LogP contribution in [0, 0.1) is 0 Å². The molecular weight excluding hydrogens is 498 g/mol. The number of anilines is 1. The summed E-state index contributed by atoms with van der Waals surface area (Å²) < 4.78 is 7.12. The fourth-order valence-electron chi connectivity index (χ4n) is 4.84. The van der Waals surface area contributed by atoms with E-state index in [-0.39, 0.29) is 29.1 Å². The molecule has 1 aliphatic rings. The van der Waals surface area contributed by atoms with Gasteiger partial charge in [0.15, 0.2) is 5.65 Å². The molecule has 1 aliphatic heterocycles. The maximum absolute atomic E-state index is 13.3. The number of hydrogen-bond acceptors (Lipinski definition) is 7. The van der Waals surface area contributed by atoms with Crippen LogP contribution in [0.5, 0.6) is 0 Å². The van der Waals surface area contributed by atoms with Gasteiger partial charge in [-0.25, -0.2) is 14.8 Å². The zero-order chi connectivity index (χ0) is 27.5. The van der Waals surface area contributed by atoms with Gasteiger partial charge in [-0.2, -0.15) is 0 Å². The van der Waals surface area contributed by atoms with E-state index in [1.165, 1.54) is 0 Å². The molecule has 0 saturated heterocycles. The van der Waals surface area contributed by atoms with E-state index in [0.717, 1.165) is 30.6 Å². The van der Waals surface area contributed by atoms with Gasteiger partial charge in [0.1, 0.15) is 23.4 Å². The average Bonchev–Trinajstić information content (AvgIpc) is 3.36. The number of unbranched alkanes of at least 4 members (excludes halogenated alkanes) is 3. The summed E-state index contributed by atoms with van der Waals surface area (Å²) in [6, 6.07) is 13.8. The summed E-state index contributed by atoms with van der Waals surface area (Å²) in [4.78, 5) is 62.6. The zero-order valence-corrected chi connectivity index (χ0v) is 21.9. The predicted octanol–water partition coefficient (Wildman–Crippen LogP) is 4.58. The lowest BCUT2D eigenvalue weighted by Crippen LogP contribution is -2.37. The maximum Gasteiger partial charge on any atom is 0.344 e. The summed E-state index contributed by atoms with van der Waals surface area (Å²) in [6.45, 7) is 3.92. The molecule has 4 aromatic rings. The van der Waals surface area contributed by atoms with E-state index >= 15 is 0 Å². The third-order valence-corrected chi connectivity index (χ3v) is 6.70. The molecule has 0 spiro atoms. The largest absolute Gasteiger partial charge is 0.462 e. The van der Waals surface area contributed by atoms with Gasteiger partial charge in [-0.1, -0.05) is 50.5 Å². The highest BCUT2D eigenvalue weighted by Crippen LogP contribution is 2.32. The van der Waals surface area contributed by atoms with E-state index in [1.54, 1.807) is 41.8 Å². The van der Waals surface area contributed by atoms with E-state index < -0.39 is 30.2 Å². The highest BCUT2D eigenvalue weighted by Gasteiger charge is 2.37. The minimum atomic E-state index is -0.643. The van der Waals surface area contributed by atoms with Gasteiger partial charge in [0, 0.05) is 6.54 Å². The molecule has 0 saturated carbocycles. The van der Waals surface area contributed by atoms with Crippen LogP contribution in [-0.4, -0.2) is 56.3 Å². The van der Waals surface area contributed by atoms with Crippen LogP contribution in [0.4, 0.5) is 5.82 Å². The van der Waals surface area contributed by atoms with Gasteiger partial charge in [-0.3, -0.25) is 19.3 Å². The first-order chi connectivity index (χ1) is 18.9. The number of nitrogens with one attached hydrogen (secondary N) is 1. The number of rotatable bonds is 10. The van der Waals surface area contributed by atoms with Crippen molar-refractivity contribution >= 4 is 51.7 Å². The number of aromatic nitrogens is 3. The Morgan fingerprint density at radius 1 is 0.872 bits per heavy atom. The number of benzene rings is 2. The Bertz CT molecular complexity index is 1570. The highest BCUT2D eigenvalue weighted by molar-refractivity contribution is 6.23. The number of aryl methyl sites for hydroxylation is 1. The van der Waals surface area contributed by atoms with Gasteiger partial charge in [-0.05, 0) is 37.6 Å². The molecule has 0 bridgehead atoms. The molecule has 5 rings (SSSR count). The average molecular weight is 528 g/mol. The monoisotopic (exact) mass is 527 g/mol. The second-order valence-electron chi connectivity index (χ2n) is 9.33. The van der Waals surface area contributed by atoms with Crippen molar-refractivity contribution in [2.45, 2.75) is 46.1 Å². The number of para-hydroxylation sites is 2. The molecule has 200 valence electrons. The van der Waals surface area contributed by atoms with Crippen LogP contribution < -0.4 is 5.32 Å². The second-order valence-corrected chi connectivity index (χ2v) is 9.33. The Balaban J connectivity index is 1.55. The van der Waals surface area contributed by atoms with Crippen LogP contribution in [0.15, 0.2) is 48.5 Å². The van der Waals surface area contributed by atoms with Gasteiger partial charge < -0.3 is 14.6 Å². The molecule has 2 aromatic carbocycles. The lowest BCUT2D eigenvalue weighted by atomic mass is 10.1. The van der Waals surface area contributed by atoms with Crippen molar-refractivity contribution in [1.82, 2.24) is 19.4 Å². The fraction of sp³-hybridized carbons (Fsp3) is 0.310. The molecule has 1 N–H and O–H groups in total. The van der Waals surface area contributed by atoms with E-state index in [9.17, 15) is 19.2 Å². The van der Waals surface area contributed by atoms with Crippen LogP contribution in [0.3, 0.4) is 0 Å². The third kappa shape index (κ3) is 4.85. The van der Waals surface area contributed by atoms with Crippen LogP contribution in [0.1, 0.15) is 70.6 Å². The topological polar surface area (TPSA) is 123 Å². The second kappa shape index (κ2) is 11.0. The van der Waals surface area contributed by atoms with Crippen molar-refractivity contribution in [3.8, 4) is 0 Å². The van der Waals surface area contributed by atoms with Crippen molar-refractivity contribution < 1.29 is 23.9 Å². The number of amides is 3. The van der Waals surface area contributed by atoms with Crippen LogP contribution in [0.25, 0.3) is 22.2 Å². The smallest absolute Gasteiger partial charge is 0.344 e. The lowest BCUT2D eigenvalue weighted by Gasteiger charge is -2.16. The first kappa shape index (κ1) is 26.0. The maximum atomic E-state index is 13.3. The van der Waals surface area contributed by atoms with Crippen molar-refractivity contribution in [3.05, 3.63) is 65.2 Å². The zero-order valence-electron chi connectivity index (χ0n) is 21.9. The Morgan fingerprint density at radius 3 is 2.15 bits per heavy atom. The Morgan fingerprint density at radius 2 is 1.51 bits per heavy atom. The van der Waals surface area contributed by atoms with Gasteiger partial charge in [-0.15, -0.1) is 0 Å². The first-order valence-corrected chi connectivity index (χ1v) is 13.2. The minimum Gasteiger partial charge on any atom is -0.462 e. The fourth-order valence-corrected chi connectivity index (χ4v) is 4.84. The number of hydrogen-bond donors (Lipinski definition) is 1. The first-order valence-electron chi connectivity index (χ1n) is 13.2. The summed E-state index contributed by atoms with van der Waals surface area (Å²) in [5, 5.41) is 2.80. The minimum absolute atomic E-state index is 0.0938. The van der Waals surface area contributed by atoms with Crippen molar-refractivity contribution in [3.63, 3.8) is 0 Å². The molecule has 0 radical (unpaired) electrons. The quantitative estimate of drug-likeness (QED) is 0.182. The Labute approximate surface area is 225 Å². The molecule has 2 aromatic heterocycles. The third-order valence-electron chi connectivity index (χ3n) is 6.70. The van der Waals surface area contributed by atoms with E-state index in [4.69, 9.17) is 14.7 Å². The van der Waals surface area contributed by atoms with Gasteiger partial charge in [0.05, 0.1) is 28.8 Å². The van der Waals surface area contributed by atoms with Gasteiger partial charge in [0.25, 0.3) is 11.8 Å². The number of imide groups is 1. The van der Waals surface area contributed by atoms with Gasteiger partial charge >= 0.3 is 5.97 Å². The molecule has 0 aliphatic carbocycles. The number of carbonyl (C=O) groups is 4. The molecule has 10 nitrogen and oxygen atoms in total. The summed E-state index contributed by atoms with van der Waals surface area (Å²) in [7, 11) is 0. The molecule has 10 heteroatoms. The molecular formula is C29H29N5O5. The summed E-state index contributed by atoms with van der Waals surface area (Å²) in [6.07, 6.45) is 3.83. The summed E-state index contributed by atoms with van der Waals surface area (Å²) in [5.41, 5.74) is 2.62.